The molecule has 13 nitrogen and oxygen atoms in total. The Kier molecular flexibility index (Phi) is 15.6. The molecule has 1 saturated heterocycles. The van der Waals surface area contributed by atoms with Crippen LogP contribution in [0.1, 0.15) is 103 Å². The lowest BCUT2D eigenvalue weighted by atomic mass is 9.85. The van der Waals surface area contributed by atoms with Crippen LogP contribution in [0.4, 0.5) is 17.2 Å². The lowest BCUT2D eigenvalue weighted by Gasteiger charge is -2.35. The molecule has 3 aromatic carbocycles. The van der Waals surface area contributed by atoms with Crippen molar-refractivity contribution in [1.82, 2.24) is 30.8 Å². The van der Waals surface area contributed by atoms with Crippen molar-refractivity contribution in [2.45, 2.75) is 98.2 Å². The largest absolute Gasteiger partial charge is 0.352 e. The number of hydrogen-bond donors (Lipinski definition) is 5. The van der Waals surface area contributed by atoms with Gasteiger partial charge in [0.2, 0.25) is 17.7 Å². The highest BCUT2D eigenvalue weighted by molar-refractivity contribution is 7.17. The normalized spacial score (nSPS) is 14.1. The Hall–Kier alpha value is -6.45. The number of rotatable bonds is 18. The minimum atomic E-state index is -0.789. The molecule has 7 rings (SSSR count). The molecule has 6 aromatic rings. The van der Waals surface area contributed by atoms with E-state index in [4.69, 9.17) is 0 Å². The van der Waals surface area contributed by atoms with E-state index in [1.807, 2.05) is 118 Å². The number of hydrogen-bond acceptors (Lipinski definition) is 10. The minimum Gasteiger partial charge on any atom is -0.352 e. The van der Waals surface area contributed by atoms with Crippen molar-refractivity contribution < 1.29 is 24.0 Å². The lowest BCUT2D eigenvalue weighted by Crippen LogP contribution is -2.57. The van der Waals surface area contributed by atoms with E-state index in [1.165, 1.54) is 17.5 Å². The standard InChI is InChI=1S/C51H58N8O5S2/c1-32-15-9-11-17-39(32)56-46-40(57-48(62)38-30-65-42-19-12-10-16-37(38)42)27-36(29-53-46)47(61)52-25-13-7-6-8-20-43(60)58-45(51(3,4)5)50(64)59-26-14-18-41(59)49(63)54-28-34-21-23-35(24-22-34)44-33(2)55-31-66-44/h9-12,15-17,19,21-24,27,29-31,41,45H,6-8,13-14,18,20,25-26,28H2,1-5H3,(H,52,61)(H,53,56)(H,54,63)(H,57,62)(H,58,60). The van der Waals surface area contributed by atoms with Crippen molar-refractivity contribution in [2.75, 3.05) is 23.7 Å². The number of fused-ring (bicyclic) bond motifs is 1. The molecule has 66 heavy (non-hydrogen) atoms. The third kappa shape index (κ3) is 11.9. The Labute approximate surface area is 394 Å². The molecular weight excluding hydrogens is 869 g/mol. The highest BCUT2D eigenvalue weighted by atomic mass is 32.1. The van der Waals surface area contributed by atoms with Crippen LogP contribution in [0.25, 0.3) is 20.5 Å². The summed E-state index contributed by atoms with van der Waals surface area (Å²) in [5.41, 5.74) is 7.34. The number of nitrogens with one attached hydrogen (secondary N) is 5. The lowest BCUT2D eigenvalue weighted by molar-refractivity contribution is -0.143. The first-order chi connectivity index (χ1) is 31.8. The van der Waals surface area contributed by atoms with Gasteiger partial charge in [0.1, 0.15) is 12.1 Å². The van der Waals surface area contributed by atoms with Crippen molar-refractivity contribution in [3.05, 3.63) is 124 Å². The monoisotopic (exact) mass is 926 g/mol. The van der Waals surface area contributed by atoms with Crippen LogP contribution in [0.5, 0.6) is 0 Å². The number of anilines is 3. The van der Waals surface area contributed by atoms with E-state index in [-0.39, 0.29) is 36.0 Å². The molecule has 0 saturated carbocycles. The third-order valence-corrected chi connectivity index (χ3v) is 13.8. The quantitative estimate of drug-likeness (QED) is 0.0530. The third-order valence-electron chi connectivity index (χ3n) is 11.8. The second-order valence-corrected chi connectivity index (χ2v) is 19.6. The first-order valence-electron chi connectivity index (χ1n) is 22.5. The van der Waals surface area contributed by atoms with E-state index in [2.05, 4.69) is 36.6 Å². The number of unbranched alkanes of at least 4 members (excludes halogenated alkanes) is 3. The maximum atomic E-state index is 14.0. The number of aryl methyl sites for hydroxylation is 2. The highest BCUT2D eigenvalue weighted by Crippen LogP contribution is 2.31. The molecule has 1 aliphatic rings. The Bertz CT molecular complexity index is 2690. The van der Waals surface area contributed by atoms with E-state index in [0.29, 0.717) is 67.9 Å². The summed E-state index contributed by atoms with van der Waals surface area (Å²) in [6.45, 7) is 10.9. The summed E-state index contributed by atoms with van der Waals surface area (Å²) < 4.78 is 1.00. The number of carbonyl (C=O) groups is 5. The minimum absolute atomic E-state index is 0.198. The topological polar surface area (TPSA) is 175 Å². The van der Waals surface area contributed by atoms with Gasteiger partial charge in [0.15, 0.2) is 5.82 Å². The van der Waals surface area contributed by atoms with Gasteiger partial charge in [-0.15, -0.1) is 22.7 Å². The van der Waals surface area contributed by atoms with Crippen LogP contribution in [0.3, 0.4) is 0 Å². The molecule has 2 atom stereocenters. The van der Waals surface area contributed by atoms with Crippen molar-refractivity contribution in [1.29, 1.82) is 0 Å². The summed E-state index contributed by atoms with van der Waals surface area (Å²) in [5, 5.41) is 18.0. The Morgan fingerprint density at radius 3 is 2.35 bits per heavy atom. The zero-order chi connectivity index (χ0) is 46.8. The van der Waals surface area contributed by atoms with Crippen LogP contribution in [-0.4, -0.2) is 69.6 Å². The maximum Gasteiger partial charge on any atom is 0.257 e. The summed E-state index contributed by atoms with van der Waals surface area (Å²) in [5.74, 6) is -0.856. The molecule has 344 valence electrons. The van der Waals surface area contributed by atoms with Gasteiger partial charge >= 0.3 is 0 Å². The zero-order valence-corrected chi connectivity index (χ0v) is 39.8. The maximum absolute atomic E-state index is 14.0. The van der Waals surface area contributed by atoms with Crippen molar-refractivity contribution in [3.63, 3.8) is 0 Å². The fourth-order valence-corrected chi connectivity index (χ4v) is 9.80. The first kappa shape index (κ1) is 47.5. The first-order valence-corrected chi connectivity index (χ1v) is 24.3. The molecule has 4 heterocycles. The Morgan fingerprint density at radius 2 is 1.59 bits per heavy atom. The van der Waals surface area contributed by atoms with Crippen LogP contribution in [-0.2, 0) is 20.9 Å². The van der Waals surface area contributed by atoms with Crippen LogP contribution in [0.2, 0.25) is 0 Å². The van der Waals surface area contributed by atoms with Gasteiger partial charge in [-0.3, -0.25) is 24.0 Å². The number of nitrogens with zero attached hydrogens (tertiary/aromatic N) is 3. The molecule has 5 N–H and O–H groups in total. The molecule has 3 aromatic heterocycles. The number of thiophene rings is 1. The van der Waals surface area contributed by atoms with Gasteiger partial charge in [-0.2, -0.15) is 0 Å². The molecule has 5 amide bonds. The summed E-state index contributed by atoms with van der Waals surface area (Å²) in [6, 6.07) is 23.8. The smallest absolute Gasteiger partial charge is 0.257 e. The van der Waals surface area contributed by atoms with Crippen LogP contribution in [0, 0.1) is 19.3 Å². The Balaban J connectivity index is 0.861. The molecular formula is C51H58N8O5S2. The summed E-state index contributed by atoms with van der Waals surface area (Å²) in [6.07, 6.45) is 5.87. The summed E-state index contributed by atoms with van der Waals surface area (Å²) in [4.78, 5) is 79.3. The van der Waals surface area contributed by atoms with Crippen LogP contribution in [0.15, 0.2) is 96.0 Å². The fourth-order valence-electron chi connectivity index (χ4n) is 8.05. The van der Waals surface area contributed by atoms with Crippen molar-refractivity contribution in [3.8, 4) is 10.4 Å². The molecule has 0 radical (unpaired) electrons. The number of para-hydroxylation sites is 1. The molecule has 0 aliphatic carbocycles. The van der Waals surface area contributed by atoms with E-state index in [0.717, 1.165) is 55.9 Å². The van der Waals surface area contributed by atoms with Gasteiger partial charge in [0, 0.05) is 53.4 Å². The molecule has 1 aliphatic heterocycles. The van der Waals surface area contributed by atoms with Gasteiger partial charge in [-0.05, 0) is 79.8 Å². The van der Waals surface area contributed by atoms with Gasteiger partial charge < -0.3 is 31.5 Å². The van der Waals surface area contributed by atoms with Crippen molar-refractivity contribution in [2.24, 2.45) is 5.41 Å². The highest BCUT2D eigenvalue weighted by Gasteiger charge is 2.41. The van der Waals surface area contributed by atoms with Gasteiger partial charge in [-0.1, -0.05) is 94.3 Å². The zero-order valence-electron chi connectivity index (χ0n) is 38.2. The predicted octanol–water partition coefficient (Wildman–Crippen LogP) is 9.55. The molecule has 0 bridgehead atoms. The van der Waals surface area contributed by atoms with E-state index in [1.54, 1.807) is 22.3 Å². The number of carbonyl (C=O) groups excluding carboxylic acids is 5. The molecule has 0 spiro atoms. The second-order valence-electron chi connectivity index (χ2n) is 17.8. The van der Waals surface area contributed by atoms with Gasteiger partial charge in [0.25, 0.3) is 11.8 Å². The molecule has 1 fully saturated rings. The van der Waals surface area contributed by atoms with E-state index < -0.39 is 17.5 Å². The van der Waals surface area contributed by atoms with E-state index in [9.17, 15) is 24.0 Å². The number of aromatic nitrogens is 2. The SMILES string of the molecule is Cc1ccccc1Nc1ncc(C(=O)NCCCCCCC(=O)NC(C(=O)N2CCCC2C(=O)NCc2ccc(-c3scnc3C)cc2)C(C)(C)C)cc1NC(=O)c1csc2ccccc12. The van der Waals surface area contributed by atoms with Crippen LogP contribution >= 0.6 is 22.7 Å². The average molecular weight is 927 g/mol. The Morgan fingerprint density at radius 1 is 0.833 bits per heavy atom. The van der Waals surface area contributed by atoms with Crippen LogP contribution < -0.4 is 26.6 Å². The number of thiazole rings is 1. The summed E-state index contributed by atoms with van der Waals surface area (Å²) in [7, 11) is 0. The average Bonchev–Trinajstić information content (AvgIpc) is 4.08. The number of likely N-dealkylation sites (tertiary alicyclic amines) is 1. The molecule has 2 unspecified atom stereocenters. The molecule has 15 heteroatoms. The number of benzene rings is 3. The summed E-state index contributed by atoms with van der Waals surface area (Å²) >= 11 is 3.09. The second kappa shape index (κ2) is 21.7. The van der Waals surface area contributed by atoms with Gasteiger partial charge in [0.05, 0.1) is 32.9 Å². The number of pyridine rings is 1. The van der Waals surface area contributed by atoms with Gasteiger partial charge in [-0.25, -0.2) is 9.97 Å². The van der Waals surface area contributed by atoms with Crippen molar-refractivity contribution >= 4 is 79.5 Å². The van der Waals surface area contributed by atoms with E-state index >= 15 is 0 Å². The number of amides is 5. The fraction of sp³-hybridized carbons (Fsp3) is 0.353. The predicted molar refractivity (Wildman–Crippen MR) is 264 cm³/mol.